The molecular weight excluding hydrogens is 494 g/mol. The number of nitrogens with zero attached hydrogens (tertiary/aromatic N) is 1. The normalized spacial score (nSPS) is 12.3. The van der Waals surface area contributed by atoms with Crippen molar-refractivity contribution in [1.29, 1.82) is 0 Å². The molecule has 0 atom stereocenters. The fourth-order valence-corrected chi connectivity index (χ4v) is 5.59. The summed E-state index contributed by atoms with van der Waals surface area (Å²) in [4.78, 5) is -0.373. The van der Waals surface area contributed by atoms with E-state index in [0.29, 0.717) is 5.56 Å². The van der Waals surface area contributed by atoms with Crippen LogP contribution in [-0.4, -0.2) is 49.2 Å². The molecule has 0 aliphatic rings. The van der Waals surface area contributed by atoms with Gasteiger partial charge < -0.3 is 14.1 Å². The number of quaternary nitrogens is 1. The Morgan fingerprint density at radius 2 is 1.08 bits per heavy atom. The minimum atomic E-state index is -4.47. The predicted octanol–water partition coefficient (Wildman–Crippen LogP) is 8.69. The molecule has 1 rings (SSSR count). The van der Waals surface area contributed by atoms with Crippen molar-refractivity contribution < 1.29 is 22.6 Å². The molecule has 0 unspecified atom stereocenters. The Labute approximate surface area is 236 Å². The van der Waals surface area contributed by atoms with Crippen LogP contribution in [0.2, 0.25) is 0 Å². The van der Waals surface area contributed by atoms with Crippen molar-refractivity contribution in [3.8, 4) is 5.75 Å². The van der Waals surface area contributed by atoms with Crippen LogP contribution in [0, 0.1) is 24.7 Å². The van der Waals surface area contributed by atoms with E-state index in [1.54, 1.807) is 0 Å². The van der Waals surface area contributed by atoms with E-state index in [9.17, 15) is 13.0 Å². The lowest BCUT2D eigenvalue weighted by molar-refractivity contribution is -0.910. The van der Waals surface area contributed by atoms with E-state index in [1.165, 1.54) is 120 Å². The minimum absolute atomic E-state index is 0.227. The van der Waals surface area contributed by atoms with Crippen molar-refractivity contribution >= 4 is 10.1 Å². The summed E-state index contributed by atoms with van der Waals surface area (Å²) in [6.45, 7) is 19.9. The standard InChI is InChI=1S/C25H54N.C7H8O4S/c1-23(2)17-11-8-14-20-26(7,21-15-9-12-18-24(3)4)22-16-10-13-19-25(5)6;1-5-2-3-6(8)4-7(5)12(9,10)11/h23-25H,8-22H2,1-7H3;2-4,8H,1H3,(H,9,10,11)/q+1;/p-1. The predicted molar refractivity (Wildman–Crippen MR) is 162 cm³/mol. The largest absolute Gasteiger partial charge is 0.744 e. The van der Waals surface area contributed by atoms with E-state index in [2.05, 4.69) is 48.6 Å². The van der Waals surface area contributed by atoms with Gasteiger partial charge in [-0.3, -0.25) is 0 Å². The van der Waals surface area contributed by atoms with Crippen molar-refractivity contribution in [2.75, 3.05) is 26.7 Å². The number of hydrogen-bond acceptors (Lipinski definition) is 4. The van der Waals surface area contributed by atoms with Crippen molar-refractivity contribution in [3.63, 3.8) is 0 Å². The average molecular weight is 556 g/mol. The third-order valence-electron chi connectivity index (χ3n) is 7.38. The Kier molecular flexibility index (Phi) is 19.3. The zero-order valence-electron chi connectivity index (χ0n) is 26.1. The van der Waals surface area contributed by atoms with E-state index in [-0.39, 0.29) is 10.6 Å². The molecule has 0 aliphatic carbocycles. The Morgan fingerprint density at radius 3 is 1.37 bits per heavy atom. The third kappa shape index (κ3) is 19.9. The molecule has 0 amide bonds. The Morgan fingerprint density at radius 1 is 0.711 bits per heavy atom. The highest BCUT2D eigenvalue weighted by molar-refractivity contribution is 7.85. The number of aromatic hydroxyl groups is 1. The molecule has 0 aliphatic heterocycles. The third-order valence-corrected chi connectivity index (χ3v) is 8.36. The molecule has 0 aromatic heterocycles. The molecule has 5 nitrogen and oxygen atoms in total. The van der Waals surface area contributed by atoms with Gasteiger partial charge in [0.05, 0.1) is 31.6 Å². The van der Waals surface area contributed by atoms with E-state index in [0.717, 1.165) is 23.8 Å². The SMILES string of the molecule is CC(C)CCCCC[N+](C)(CCCCCC(C)C)CCCCCC(C)C.Cc1ccc(O)cc1S(=O)(=O)[O-]. The van der Waals surface area contributed by atoms with Crippen molar-refractivity contribution in [1.82, 2.24) is 0 Å². The highest BCUT2D eigenvalue weighted by Crippen LogP contribution is 2.20. The zero-order valence-corrected chi connectivity index (χ0v) is 26.9. The van der Waals surface area contributed by atoms with Gasteiger partial charge in [0.1, 0.15) is 15.9 Å². The van der Waals surface area contributed by atoms with Crippen molar-refractivity contribution in [2.45, 2.75) is 130 Å². The summed E-state index contributed by atoms with van der Waals surface area (Å²) in [5, 5.41) is 8.90. The number of phenolic OH excluding ortho intramolecular Hbond substituents is 1. The fraction of sp³-hybridized carbons (Fsp3) is 0.812. The van der Waals surface area contributed by atoms with Gasteiger partial charge in [-0.2, -0.15) is 0 Å². The molecule has 38 heavy (non-hydrogen) atoms. The molecular formula is C32H61NO4S. The maximum Gasteiger partial charge on any atom is 0.124 e. The van der Waals surface area contributed by atoms with E-state index >= 15 is 0 Å². The molecule has 0 spiro atoms. The van der Waals surface area contributed by atoms with E-state index in [1.807, 2.05) is 0 Å². The number of rotatable bonds is 19. The summed E-state index contributed by atoms with van der Waals surface area (Å²) in [7, 11) is -1.92. The molecule has 1 N–H and O–H groups in total. The lowest BCUT2D eigenvalue weighted by Crippen LogP contribution is -2.46. The second-order valence-electron chi connectivity index (χ2n) is 12.9. The molecule has 0 heterocycles. The average Bonchev–Trinajstić information content (AvgIpc) is 2.79. The molecule has 0 fully saturated rings. The number of phenols is 1. The molecule has 0 radical (unpaired) electrons. The number of benzene rings is 1. The first-order chi connectivity index (χ1) is 17.7. The minimum Gasteiger partial charge on any atom is -0.744 e. The summed E-state index contributed by atoms with van der Waals surface area (Å²) in [5.74, 6) is 2.39. The maximum atomic E-state index is 10.5. The van der Waals surface area contributed by atoms with Crippen molar-refractivity contribution in [3.05, 3.63) is 23.8 Å². The smallest absolute Gasteiger partial charge is 0.124 e. The van der Waals surface area contributed by atoms with Gasteiger partial charge in [-0.1, -0.05) is 86.1 Å². The van der Waals surface area contributed by atoms with Gasteiger partial charge in [0.2, 0.25) is 0 Å². The summed E-state index contributed by atoms with van der Waals surface area (Å²) in [6, 6.07) is 3.64. The Balaban J connectivity index is 0.000000942. The van der Waals surface area contributed by atoms with Crippen LogP contribution in [0.4, 0.5) is 0 Å². The van der Waals surface area contributed by atoms with Gasteiger partial charge in [-0.15, -0.1) is 0 Å². The van der Waals surface area contributed by atoms with Crippen LogP contribution < -0.4 is 0 Å². The van der Waals surface area contributed by atoms with Gasteiger partial charge in [0, 0.05) is 0 Å². The molecule has 1 aromatic carbocycles. The first-order valence-corrected chi connectivity index (χ1v) is 16.7. The first kappa shape index (κ1) is 36.9. The summed E-state index contributed by atoms with van der Waals surface area (Å²) in [6.07, 6.45) is 17.1. The quantitative estimate of drug-likeness (QED) is 0.105. The van der Waals surface area contributed by atoms with Crippen LogP contribution in [0.3, 0.4) is 0 Å². The number of aryl methyl sites for hydroxylation is 1. The molecule has 1 aromatic rings. The van der Waals surface area contributed by atoms with Gasteiger partial charge in [-0.25, -0.2) is 8.42 Å². The molecule has 0 bridgehead atoms. The maximum absolute atomic E-state index is 10.5. The highest BCUT2D eigenvalue weighted by atomic mass is 32.2. The van der Waals surface area contributed by atoms with E-state index in [4.69, 9.17) is 5.11 Å². The fourth-order valence-electron chi connectivity index (χ4n) is 4.86. The molecule has 224 valence electrons. The second kappa shape index (κ2) is 19.9. The van der Waals surface area contributed by atoms with Crippen LogP contribution in [-0.2, 0) is 10.1 Å². The highest BCUT2D eigenvalue weighted by Gasteiger charge is 2.20. The van der Waals surface area contributed by atoms with Gasteiger partial charge in [0.15, 0.2) is 0 Å². The van der Waals surface area contributed by atoms with Crippen molar-refractivity contribution in [2.24, 2.45) is 17.8 Å². The summed E-state index contributed by atoms with van der Waals surface area (Å²) in [5.41, 5.74) is 0.336. The van der Waals surface area contributed by atoms with Crippen LogP contribution in [0.25, 0.3) is 0 Å². The Bertz CT molecular complexity index is 788. The summed E-state index contributed by atoms with van der Waals surface area (Å²) >= 11 is 0. The zero-order chi connectivity index (χ0) is 29.2. The van der Waals surface area contributed by atoms with Gasteiger partial charge >= 0.3 is 0 Å². The van der Waals surface area contributed by atoms with Crippen LogP contribution in [0.5, 0.6) is 5.75 Å². The number of hydrogen-bond donors (Lipinski definition) is 1. The van der Waals surface area contributed by atoms with Crippen LogP contribution in [0.15, 0.2) is 23.1 Å². The first-order valence-electron chi connectivity index (χ1n) is 15.3. The summed E-state index contributed by atoms with van der Waals surface area (Å²) < 4.78 is 33.0. The second-order valence-corrected chi connectivity index (χ2v) is 14.3. The lowest BCUT2D eigenvalue weighted by Gasteiger charge is -2.35. The topological polar surface area (TPSA) is 77.4 Å². The monoisotopic (exact) mass is 555 g/mol. The van der Waals surface area contributed by atoms with Crippen LogP contribution >= 0.6 is 0 Å². The number of unbranched alkanes of at least 4 members (excludes halogenated alkanes) is 6. The molecule has 0 saturated carbocycles. The van der Waals surface area contributed by atoms with E-state index < -0.39 is 10.1 Å². The Hall–Kier alpha value is -1.11. The van der Waals surface area contributed by atoms with Gasteiger partial charge in [-0.05, 0) is 80.9 Å². The molecule has 6 heteroatoms. The molecule has 0 saturated heterocycles. The van der Waals surface area contributed by atoms with Crippen LogP contribution in [0.1, 0.15) is 124 Å². The lowest BCUT2D eigenvalue weighted by atomic mass is 10.0. The van der Waals surface area contributed by atoms with Gasteiger partial charge in [0.25, 0.3) is 0 Å².